The first kappa shape index (κ1) is 13.5. The minimum Gasteiger partial charge on any atom is -0.288 e. The molecule has 0 saturated heterocycles. The maximum atomic E-state index is 11.8. The zero-order valence-corrected chi connectivity index (χ0v) is 11.6. The van der Waals surface area contributed by atoms with Crippen molar-refractivity contribution in [3.63, 3.8) is 0 Å². The number of fused-ring (bicyclic) bond motifs is 1. The number of hydroxylamine groups is 1. The molecule has 0 saturated carbocycles. The third kappa shape index (κ3) is 2.58. The van der Waals surface area contributed by atoms with Crippen molar-refractivity contribution in [2.45, 2.75) is 33.1 Å². The maximum Gasteiger partial charge on any atom is 0.275 e. The molecule has 2 N–H and O–H groups in total. The second-order valence-electron chi connectivity index (χ2n) is 5.73. The number of hydrogen-bond donors (Lipinski definition) is 2. The predicted molar refractivity (Wildman–Crippen MR) is 74.4 cm³/mol. The molecule has 0 aliphatic carbocycles. The normalized spacial score (nSPS) is 11.6. The van der Waals surface area contributed by atoms with Crippen LogP contribution in [-0.2, 0) is 5.41 Å². The molecule has 0 bridgehead atoms. The van der Waals surface area contributed by atoms with E-state index in [0.29, 0.717) is 5.56 Å². The number of nitrogens with one attached hydrogen (secondary N) is 1. The fraction of sp³-hybridized carbons (Fsp3) is 0.333. The van der Waals surface area contributed by atoms with Crippen LogP contribution >= 0.6 is 0 Å². The number of pyridine rings is 1. The average Bonchev–Trinajstić information content (AvgIpc) is 2.35. The smallest absolute Gasteiger partial charge is 0.275 e. The van der Waals surface area contributed by atoms with E-state index in [4.69, 9.17) is 5.21 Å². The number of amides is 1. The quantitative estimate of drug-likeness (QED) is 0.610. The van der Waals surface area contributed by atoms with Gasteiger partial charge >= 0.3 is 0 Å². The third-order valence-corrected chi connectivity index (χ3v) is 3.15. The van der Waals surface area contributed by atoms with E-state index in [1.807, 2.05) is 25.1 Å². The summed E-state index contributed by atoms with van der Waals surface area (Å²) < 4.78 is 0. The third-order valence-electron chi connectivity index (χ3n) is 3.15. The van der Waals surface area contributed by atoms with Gasteiger partial charge in [-0.2, -0.15) is 0 Å². The Morgan fingerprint density at radius 2 is 1.95 bits per heavy atom. The summed E-state index contributed by atoms with van der Waals surface area (Å²) in [4.78, 5) is 16.2. The molecule has 100 valence electrons. The van der Waals surface area contributed by atoms with Gasteiger partial charge in [-0.15, -0.1) is 0 Å². The van der Waals surface area contributed by atoms with Crippen molar-refractivity contribution in [3.8, 4) is 0 Å². The van der Waals surface area contributed by atoms with Gasteiger partial charge in [0, 0.05) is 11.1 Å². The zero-order chi connectivity index (χ0) is 14.2. The van der Waals surface area contributed by atoms with Crippen LogP contribution in [0.3, 0.4) is 0 Å². The van der Waals surface area contributed by atoms with Gasteiger partial charge in [0.1, 0.15) is 0 Å². The van der Waals surface area contributed by atoms with Crippen LogP contribution in [0.2, 0.25) is 0 Å². The van der Waals surface area contributed by atoms with E-state index >= 15 is 0 Å². The van der Waals surface area contributed by atoms with E-state index in [2.05, 4.69) is 25.8 Å². The Labute approximate surface area is 112 Å². The van der Waals surface area contributed by atoms with E-state index in [-0.39, 0.29) is 5.41 Å². The highest BCUT2D eigenvalue weighted by Gasteiger charge is 2.17. The van der Waals surface area contributed by atoms with E-state index in [1.165, 1.54) is 0 Å². The molecule has 0 unspecified atom stereocenters. The molecule has 1 heterocycles. The molecule has 0 aliphatic rings. The molecule has 2 rings (SSSR count). The fourth-order valence-electron chi connectivity index (χ4n) is 2.07. The summed E-state index contributed by atoms with van der Waals surface area (Å²) in [6.07, 6.45) is 0. The highest BCUT2D eigenvalue weighted by molar-refractivity contribution is 6.05. The summed E-state index contributed by atoms with van der Waals surface area (Å²) in [5.74, 6) is -0.512. The van der Waals surface area contributed by atoms with Crippen molar-refractivity contribution in [3.05, 3.63) is 41.1 Å². The van der Waals surface area contributed by atoms with Crippen LogP contribution in [0.15, 0.2) is 24.3 Å². The van der Waals surface area contributed by atoms with Crippen LogP contribution in [0.5, 0.6) is 0 Å². The predicted octanol–water partition coefficient (Wildman–Crippen LogP) is 2.96. The lowest BCUT2D eigenvalue weighted by Crippen LogP contribution is -2.19. The molecule has 0 atom stereocenters. The monoisotopic (exact) mass is 258 g/mol. The van der Waals surface area contributed by atoms with Gasteiger partial charge in [-0.05, 0) is 36.1 Å². The Hall–Kier alpha value is -1.94. The first-order chi connectivity index (χ1) is 8.82. The SMILES string of the molecule is Cc1cc(C(=O)NO)c2cc(C(C)(C)C)ccc2n1. The van der Waals surface area contributed by atoms with Gasteiger partial charge in [0.05, 0.1) is 11.1 Å². The summed E-state index contributed by atoms with van der Waals surface area (Å²) in [7, 11) is 0. The standard InChI is InChI=1S/C15H18N2O2/c1-9-7-12(14(18)17-19)11-8-10(15(2,3)4)5-6-13(11)16-9/h5-8,19H,1-4H3,(H,17,18). The Bertz CT molecular complexity index is 642. The molecule has 1 amide bonds. The molecule has 1 aromatic heterocycles. The van der Waals surface area contributed by atoms with Gasteiger partial charge in [-0.25, -0.2) is 5.48 Å². The molecule has 0 radical (unpaired) electrons. The first-order valence-corrected chi connectivity index (χ1v) is 6.19. The van der Waals surface area contributed by atoms with Crippen molar-refractivity contribution < 1.29 is 10.0 Å². The van der Waals surface area contributed by atoms with E-state index in [0.717, 1.165) is 22.2 Å². The van der Waals surface area contributed by atoms with Crippen molar-refractivity contribution in [1.82, 2.24) is 10.5 Å². The van der Waals surface area contributed by atoms with Crippen LogP contribution in [0, 0.1) is 6.92 Å². The molecule has 4 nitrogen and oxygen atoms in total. The topological polar surface area (TPSA) is 62.2 Å². The largest absolute Gasteiger partial charge is 0.288 e. The van der Waals surface area contributed by atoms with Gasteiger partial charge in [0.25, 0.3) is 5.91 Å². The molecule has 0 spiro atoms. The van der Waals surface area contributed by atoms with Crippen LogP contribution in [0.25, 0.3) is 10.9 Å². The lowest BCUT2D eigenvalue weighted by atomic mass is 9.86. The molecule has 0 fully saturated rings. The Balaban J connectivity index is 2.76. The molecule has 4 heteroatoms. The second-order valence-corrected chi connectivity index (χ2v) is 5.73. The van der Waals surface area contributed by atoms with Gasteiger partial charge in [-0.3, -0.25) is 15.0 Å². The number of hydrogen-bond acceptors (Lipinski definition) is 3. The number of aryl methyl sites for hydroxylation is 1. The van der Waals surface area contributed by atoms with Crippen molar-refractivity contribution in [1.29, 1.82) is 0 Å². The molecule has 2 aromatic rings. The Kier molecular flexibility index (Phi) is 3.28. The minimum atomic E-state index is -0.512. The van der Waals surface area contributed by atoms with Crippen molar-refractivity contribution in [2.24, 2.45) is 0 Å². The first-order valence-electron chi connectivity index (χ1n) is 6.19. The van der Waals surface area contributed by atoms with Gasteiger partial charge in [-0.1, -0.05) is 26.8 Å². The summed E-state index contributed by atoms with van der Waals surface area (Å²) in [5.41, 5.74) is 4.75. The Morgan fingerprint density at radius 1 is 1.26 bits per heavy atom. The summed E-state index contributed by atoms with van der Waals surface area (Å²) in [6, 6.07) is 7.58. The Morgan fingerprint density at radius 3 is 2.53 bits per heavy atom. The van der Waals surface area contributed by atoms with Crippen LogP contribution in [0.4, 0.5) is 0 Å². The molecule has 19 heavy (non-hydrogen) atoms. The van der Waals surface area contributed by atoms with E-state index in [1.54, 1.807) is 11.5 Å². The fourth-order valence-corrected chi connectivity index (χ4v) is 2.07. The van der Waals surface area contributed by atoms with Crippen LogP contribution in [-0.4, -0.2) is 16.1 Å². The molecular weight excluding hydrogens is 240 g/mol. The molecule has 1 aromatic carbocycles. The molecular formula is C15H18N2O2. The lowest BCUT2D eigenvalue weighted by Gasteiger charge is -2.20. The van der Waals surface area contributed by atoms with Crippen molar-refractivity contribution >= 4 is 16.8 Å². The summed E-state index contributed by atoms with van der Waals surface area (Å²) in [5, 5.41) is 9.60. The van der Waals surface area contributed by atoms with Crippen molar-refractivity contribution in [2.75, 3.05) is 0 Å². The van der Waals surface area contributed by atoms with E-state index < -0.39 is 5.91 Å². The number of carbonyl (C=O) groups is 1. The minimum absolute atomic E-state index is 0.00790. The highest BCUT2D eigenvalue weighted by Crippen LogP contribution is 2.27. The number of aromatic nitrogens is 1. The van der Waals surface area contributed by atoms with E-state index in [9.17, 15) is 4.79 Å². The maximum absolute atomic E-state index is 11.8. The number of rotatable bonds is 1. The lowest BCUT2D eigenvalue weighted by molar-refractivity contribution is 0.0708. The number of carbonyl (C=O) groups excluding carboxylic acids is 1. The van der Waals surface area contributed by atoms with Gasteiger partial charge in [0.2, 0.25) is 0 Å². The summed E-state index contributed by atoms with van der Waals surface area (Å²) in [6.45, 7) is 8.16. The summed E-state index contributed by atoms with van der Waals surface area (Å²) >= 11 is 0. The number of nitrogens with zero attached hydrogens (tertiary/aromatic N) is 1. The van der Waals surface area contributed by atoms with Crippen LogP contribution < -0.4 is 5.48 Å². The van der Waals surface area contributed by atoms with Gasteiger partial charge < -0.3 is 0 Å². The van der Waals surface area contributed by atoms with Gasteiger partial charge in [0.15, 0.2) is 0 Å². The average molecular weight is 258 g/mol. The highest BCUT2D eigenvalue weighted by atomic mass is 16.5. The second kappa shape index (κ2) is 4.63. The number of benzene rings is 1. The molecule has 0 aliphatic heterocycles. The zero-order valence-electron chi connectivity index (χ0n) is 11.6. The van der Waals surface area contributed by atoms with Crippen LogP contribution in [0.1, 0.15) is 42.4 Å².